The molecule has 0 unspecified atom stereocenters. The second-order valence-corrected chi connectivity index (χ2v) is 11.1. The molecule has 0 saturated carbocycles. The van der Waals surface area contributed by atoms with Crippen molar-refractivity contribution in [1.82, 2.24) is 4.90 Å². The SMILES string of the molecule is COC(=O)c1cc(B2OC(C)(C)C(C)(C)O2)ccc1OCC1CCN(C(=O)OC(C)(C)C)CC1. The minimum Gasteiger partial charge on any atom is -0.492 e. The van der Waals surface area contributed by atoms with E-state index in [1.165, 1.54) is 7.11 Å². The zero-order valence-corrected chi connectivity index (χ0v) is 21.7. The van der Waals surface area contributed by atoms with Gasteiger partial charge in [-0.1, -0.05) is 6.07 Å². The first kappa shape index (κ1) is 26.4. The third kappa shape index (κ3) is 6.05. The standard InChI is InChI=1S/C25H38BNO7/c1-23(2,3)32-22(29)27-13-11-17(12-14-27)16-31-20-10-9-18(15-19(20)21(28)30-8)26-33-24(4,5)25(6,7)34-26/h9-10,15,17H,11-14,16H2,1-8H3. The smallest absolute Gasteiger partial charge is 0.492 e. The minimum atomic E-state index is -0.584. The molecule has 0 spiro atoms. The number of likely N-dealkylation sites (tertiary alicyclic amines) is 1. The van der Waals surface area contributed by atoms with E-state index < -0.39 is 29.9 Å². The molecule has 3 rings (SSSR count). The van der Waals surface area contributed by atoms with Gasteiger partial charge >= 0.3 is 19.2 Å². The number of rotatable bonds is 5. The van der Waals surface area contributed by atoms with Crippen molar-refractivity contribution in [1.29, 1.82) is 0 Å². The molecule has 2 heterocycles. The lowest BCUT2D eigenvalue weighted by Crippen LogP contribution is -2.42. The fourth-order valence-electron chi connectivity index (χ4n) is 3.89. The topological polar surface area (TPSA) is 83.5 Å². The number of hydrogen-bond donors (Lipinski definition) is 0. The van der Waals surface area contributed by atoms with Crippen LogP contribution >= 0.6 is 0 Å². The molecule has 0 atom stereocenters. The normalized spacial score (nSPS) is 20.2. The van der Waals surface area contributed by atoms with E-state index >= 15 is 0 Å². The molecule has 34 heavy (non-hydrogen) atoms. The Bertz CT molecular complexity index is 885. The molecule has 0 N–H and O–H groups in total. The van der Waals surface area contributed by atoms with E-state index in [9.17, 15) is 9.59 Å². The lowest BCUT2D eigenvalue weighted by Gasteiger charge is -2.33. The highest BCUT2D eigenvalue weighted by Gasteiger charge is 2.51. The number of carbonyl (C=O) groups is 2. The summed E-state index contributed by atoms with van der Waals surface area (Å²) >= 11 is 0. The molecule has 2 saturated heterocycles. The minimum absolute atomic E-state index is 0.270. The van der Waals surface area contributed by atoms with Crippen LogP contribution in [0.1, 0.15) is 71.7 Å². The van der Waals surface area contributed by atoms with E-state index in [0.29, 0.717) is 31.0 Å². The zero-order valence-electron chi connectivity index (χ0n) is 21.7. The van der Waals surface area contributed by atoms with Crippen molar-refractivity contribution in [2.45, 2.75) is 78.1 Å². The molecule has 2 fully saturated rings. The molecule has 1 aromatic carbocycles. The van der Waals surface area contributed by atoms with Gasteiger partial charge < -0.3 is 28.4 Å². The van der Waals surface area contributed by atoms with Gasteiger partial charge in [-0.2, -0.15) is 0 Å². The Morgan fingerprint density at radius 3 is 2.21 bits per heavy atom. The van der Waals surface area contributed by atoms with Crippen molar-refractivity contribution in [2.24, 2.45) is 5.92 Å². The number of nitrogens with zero attached hydrogens (tertiary/aromatic N) is 1. The Labute approximate surface area is 203 Å². The number of methoxy groups -OCH3 is 1. The summed E-state index contributed by atoms with van der Waals surface area (Å²) in [5.74, 6) is 0.252. The molecule has 2 aliphatic rings. The Balaban J connectivity index is 1.63. The summed E-state index contributed by atoms with van der Waals surface area (Å²) in [5.41, 5.74) is -0.398. The second-order valence-electron chi connectivity index (χ2n) is 11.1. The van der Waals surface area contributed by atoms with Crippen LogP contribution in [0.4, 0.5) is 4.79 Å². The number of benzene rings is 1. The molecule has 0 aromatic heterocycles. The molecule has 0 radical (unpaired) electrons. The maximum atomic E-state index is 12.5. The van der Waals surface area contributed by atoms with Crippen molar-refractivity contribution in [3.05, 3.63) is 23.8 Å². The highest BCUT2D eigenvalue weighted by molar-refractivity contribution is 6.62. The van der Waals surface area contributed by atoms with Gasteiger partial charge in [0.15, 0.2) is 0 Å². The number of esters is 1. The van der Waals surface area contributed by atoms with E-state index in [0.717, 1.165) is 18.3 Å². The molecule has 188 valence electrons. The summed E-state index contributed by atoms with van der Waals surface area (Å²) in [6.45, 7) is 15.2. The lowest BCUT2D eigenvalue weighted by atomic mass is 9.78. The molecular weight excluding hydrogens is 437 g/mol. The van der Waals surface area contributed by atoms with E-state index in [2.05, 4.69) is 0 Å². The number of ether oxygens (including phenoxy) is 3. The highest BCUT2D eigenvalue weighted by Crippen LogP contribution is 2.36. The highest BCUT2D eigenvalue weighted by atomic mass is 16.7. The number of amides is 1. The van der Waals surface area contributed by atoms with Crippen LogP contribution in [0.25, 0.3) is 0 Å². The first-order valence-electron chi connectivity index (χ1n) is 11.9. The van der Waals surface area contributed by atoms with E-state index in [4.69, 9.17) is 23.5 Å². The molecule has 0 bridgehead atoms. The molecular formula is C25H38BNO7. The first-order valence-corrected chi connectivity index (χ1v) is 11.9. The van der Waals surface area contributed by atoms with Gasteiger partial charge in [0, 0.05) is 13.1 Å². The molecule has 0 aliphatic carbocycles. The summed E-state index contributed by atoms with van der Waals surface area (Å²) in [5, 5.41) is 0. The van der Waals surface area contributed by atoms with E-state index in [1.807, 2.05) is 54.5 Å². The summed E-state index contributed by atoms with van der Waals surface area (Å²) in [7, 11) is 0.764. The molecule has 1 aromatic rings. The van der Waals surface area contributed by atoms with E-state index in [1.54, 1.807) is 17.0 Å². The van der Waals surface area contributed by atoms with Crippen molar-refractivity contribution < 1.29 is 33.1 Å². The van der Waals surface area contributed by atoms with Crippen LogP contribution in [0.15, 0.2) is 18.2 Å². The van der Waals surface area contributed by atoms with Gasteiger partial charge in [0.2, 0.25) is 0 Å². The second kappa shape index (κ2) is 9.78. The van der Waals surface area contributed by atoms with Crippen LogP contribution in [0, 0.1) is 5.92 Å². The van der Waals surface area contributed by atoms with Gasteiger partial charge in [-0.05, 0) is 84.8 Å². The van der Waals surface area contributed by atoms with Gasteiger partial charge in [0.05, 0.1) is 24.9 Å². The fourth-order valence-corrected chi connectivity index (χ4v) is 3.89. The maximum Gasteiger partial charge on any atom is 0.494 e. The quantitative estimate of drug-likeness (QED) is 0.473. The number of piperidine rings is 1. The number of carbonyl (C=O) groups excluding carboxylic acids is 2. The Hall–Kier alpha value is -2.26. The summed E-state index contributed by atoms with van der Waals surface area (Å²) < 4.78 is 28.7. The van der Waals surface area contributed by atoms with Crippen LogP contribution in [0.3, 0.4) is 0 Å². The van der Waals surface area contributed by atoms with Crippen LogP contribution in [-0.4, -0.2) is 67.7 Å². The predicted molar refractivity (Wildman–Crippen MR) is 130 cm³/mol. The Morgan fingerprint density at radius 1 is 1.09 bits per heavy atom. The Morgan fingerprint density at radius 2 is 1.68 bits per heavy atom. The van der Waals surface area contributed by atoms with Gasteiger partial charge in [-0.3, -0.25) is 0 Å². The predicted octanol–water partition coefficient (Wildman–Crippen LogP) is 3.80. The summed E-state index contributed by atoms with van der Waals surface area (Å²) in [6.07, 6.45) is 1.33. The van der Waals surface area contributed by atoms with Gasteiger partial charge in [-0.25, -0.2) is 9.59 Å². The van der Waals surface area contributed by atoms with Gasteiger partial charge in [0.25, 0.3) is 0 Å². The maximum absolute atomic E-state index is 12.5. The van der Waals surface area contributed by atoms with Crippen molar-refractivity contribution >= 4 is 24.6 Å². The summed E-state index contributed by atoms with van der Waals surface area (Å²) in [6, 6.07) is 5.34. The average Bonchev–Trinajstić information content (AvgIpc) is 2.97. The average molecular weight is 475 g/mol. The monoisotopic (exact) mass is 475 g/mol. The number of hydrogen-bond acceptors (Lipinski definition) is 7. The van der Waals surface area contributed by atoms with Crippen LogP contribution < -0.4 is 10.2 Å². The molecule has 2 aliphatic heterocycles. The molecule has 9 heteroatoms. The Kier molecular flexibility index (Phi) is 7.58. The van der Waals surface area contributed by atoms with Gasteiger partial charge in [0.1, 0.15) is 16.9 Å². The van der Waals surface area contributed by atoms with Crippen molar-refractivity contribution in [2.75, 3.05) is 26.8 Å². The molecule has 8 nitrogen and oxygen atoms in total. The first-order chi connectivity index (χ1) is 15.7. The lowest BCUT2D eigenvalue weighted by molar-refractivity contribution is 0.00578. The largest absolute Gasteiger partial charge is 0.494 e. The van der Waals surface area contributed by atoms with Crippen LogP contribution in [0.2, 0.25) is 0 Å². The van der Waals surface area contributed by atoms with E-state index in [-0.39, 0.29) is 12.0 Å². The molecule has 1 amide bonds. The van der Waals surface area contributed by atoms with Crippen molar-refractivity contribution in [3.63, 3.8) is 0 Å². The fraction of sp³-hybridized carbons (Fsp3) is 0.680. The van der Waals surface area contributed by atoms with Crippen LogP contribution in [-0.2, 0) is 18.8 Å². The third-order valence-electron chi connectivity index (χ3n) is 6.68. The van der Waals surface area contributed by atoms with Crippen LogP contribution in [0.5, 0.6) is 5.75 Å². The van der Waals surface area contributed by atoms with Gasteiger partial charge in [-0.15, -0.1) is 0 Å². The third-order valence-corrected chi connectivity index (χ3v) is 6.68. The zero-order chi connectivity index (χ0) is 25.3. The van der Waals surface area contributed by atoms with Crippen molar-refractivity contribution in [3.8, 4) is 5.75 Å². The summed E-state index contributed by atoms with van der Waals surface area (Å²) in [4.78, 5) is 26.5.